The fourth-order valence-corrected chi connectivity index (χ4v) is 8.93. The van der Waals surface area contributed by atoms with Crippen LogP contribution in [0, 0.1) is 5.92 Å². The van der Waals surface area contributed by atoms with Crippen LogP contribution in [0.2, 0.25) is 0 Å². The van der Waals surface area contributed by atoms with Gasteiger partial charge in [-0.3, -0.25) is 14.4 Å². The van der Waals surface area contributed by atoms with Crippen LogP contribution >= 0.6 is 11.8 Å². The molecule has 2 bridgehead atoms. The van der Waals surface area contributed by atoms with Gasteiger partial charge < -0.3 is 14.2 Å². The minimum Gasteiger partial charge on any atom is -0.481 e. The van der Waals surface area contributed by atoms with E-state index in [4.69, 9.17) is 14.2 Å². The summed E-state index contributed by atoms with van der Waals surface area (Å²) in [5, 5.41) is -0.0259. The lowest BCUT2D eigenvalue weighted by atomic mass is 9.53. The number of carbonyl (C=O) groups is 3. The second-order valence-corrected chi connectivity index (χ2v) is 13.0. The van der Waals surface area contributed by atoms with Gasteiger partial charge in [0.1, 0.15) is 6.10 Å². The molecule has 11 heteroatoms. The van der Waals surface area contributed by atoms with E-state index in [0.29, 0.717) is 43.1 Å². The summed E-state index contributed by atoms with van der Waals surface area (Å²) in [5.74, 6) is 0.154. The van der Waals surface area contributed by atoms with E-state index in [2.05, 4.69) is 0 Å². The van der Waals surface area contributed by atoms with E-state index in [-0.39, 0.29) is 22.8 Å². The largest absolute Gasteiger partial charge is 0.481 e. The number of thioether (sulfide) groups is 1. The first-order chi connectivity index (χ1) is 17.0. The maximum absolute atomic E-state index is 13.4. The molecule has 0 amide bonds. The van der Waals surface area contributed by atoms with Crippen LogP contribution < -0.4 is 9.47 Å². The molecule has 1 spiro atoms. The first-order valence-electron chi connectivity index (χ1n) is 12.0. The Labute approximate surface area is 214 Å². The lowest BCUT2D eigenvalue weighted by Gasteiger charge is -2.56. The van der Waals surface area contributed by atoms with Gasteiger partial charge in [0.25, 0.3) is 0 Å². The molecule has 5 atom stereocenters. The van der Waals surface area contributed by atoms with Crippen molar-refractivity contribution in [3.8, 4) is 11.5 Å². The third-order valence-electron chi connectivity index (χ3n) is 7.55. The van der Waals surface area contributed by atoms with Crippen molar-refractivity contribution in [1.82, 2.24) is 4.31 Å². The average molecular weight is 536 g/mol. The number of sulfonamides is 1. The Morgan fingerprint density at radius 3 is 2.64 bits per heavy atom. The summed E-state index contributed by atoms with van der Waals surface area (Å²) in [6.45, 7) is 4.45. The van der Waals surface area contributed by atoms with Crippen molar-refractivity contribution in [3.63, 3.8) is 0 Å². The number of nitrogens with zero attached hydrogens (tertiary/aromatic N) is 1. The van der Waals surface area contributed by atoms with Gasteiger partial charge in [-0.15, -0.1) is 0 Å². The molecule has 2 aliphatic carbocycles. The molecule has 0 N–H and O–H groups in total. The zero-order valence-corrected chi connectivity index (χ0v) is 22.0. The number of ether oxygens (including phenoxy) is 3. The predicted molar refractivity (Wildman–Crippen MR) is 132 cm³/mol. The summed E-state index contributed by atoms with van der Waals surface area (Å²) in [7, 11) is -3.57. The zero-order valence-electron chi connectivity index (χ0n) is 20.4. The quantitative estimate of drug-likeness (QED) is 0.224. The summed E-state index contributed by atoms with van der Waals surface area (Å²) < 4.78 is 46.0. The van der Waals surface area contributed by atoms with E-state index in [1.54, 1.807) is 16.4 Å². The first-order valence-corrected chi connectivity index (χ1v) is 14.6. The third-order valence-corrected chi connectivity index (χ3v) is 10.4. The van der Waals surface area contributed by atoms with Crippen LogP contribution in [0.5, 0.6) is 11.5 Å². The van der Waals surface area contributed by atoms with Crippen molar-refractivity contribution < 1.29 is 37.0 Å². The normalized spacial score (nSPS) is 29.8. The fraction of sp³-hybridized carbons (Fsp3) is 0.560. The highest BCUT2D eigenvalue weighted by molar-refractivity contribution is 8.13. The number of esters is 2. The minimum atomic E-state index is -3.57. The molecule has 2 heterocycles. The van der Waals surface area contributed by atoms with E-state index >= 15 is 0 Å². The van der Waals surface area contributed by atoms with E-state index in [0.717, 1.165) is 22.9 Å². The van der Waals surface area contributed by atoms with E-state index < -0.39 is 39.6 Å². The molecular formula is C25H29NO8S2. The molecule has 4 aliphatic rings. The maximum Gasteiger partial charge on any atom is 0.308 e. The number of rotatable bonds is 7. The average Bonchev–Trinajstić information content (AvgIpc) is 3.13. The van der Waals surface area contributed by atoms with Crippen LogP contribution in [0.25, 0.3) is 0 Å². The summed E-state index contributed by atoms with van der Waals surface area (Å²) in [4.78, 5) is 34.9. The van der Waals surface area contributed by atoms with Crippen molar-refractivity contribution >= 4 is 38.8 Å². The highest BCUT2D eigenvalue weighted by Crippen LogP contribution is 2.63. The van der Waals surface area contributed by atoms with Crippen LogP contribution in [0.1, 0.15) is 44.7 Å². The molecule has 1 aromatic rings. The van der Waals surface area contributed by atoms with Gasteiger partial charge in [0.2, 0.25) is 10.0 Å². The van der Waals surface area contributed by atoms with Crippen LogP contribution in [0.4, 0.5) is 0 Å². The lowest BCUT2D eigenvalue weighted by molar-refractivity contribution is -0.151. The Bertz CT molecular complexity index is 1260. The van der Waals surface area contributed by atoms with Gasteiger partial charge in [0.05, 0.1) is 5.75 Å². The third kappa shape index (κ3) is 4.05. The van der Waals surface area contributed by atoms with Crippen molar-refractivity contribution in [3.05, 3.63) is 35.4 Å². The zero-order chi connectivity index (χ0) is 25.8. The molecule has 0 saturated carbocycles. The second kappa shape index (κ2) is 9.18. The molecule has 194 valence electrons. The Kier molecular flexibility index (Phi) is 6.45. The summed E-state index contributed by atoms with van der Waals surface area (Å²) in [6.07, 6.45) is 3.94. The van der Waals surface area contributed by atoms with Crippen molar-refractivity contribution in [2.45, 2.75) is 63.7 Å². The van der Waals surface area contributed by atoms with Gasteiger partial charge in [-0.05, 0) is 37.0 Å². The van der Waals surface area contributed by atoms with Crippen LogP contribution in [-0.4, -0.2) is 66.1 Å². The van der Waals surface area contributed by atoms with Crippen molar-refractivity contribution in [2.24, 2.45) is 5.92 Å². The number of piperidine rings is 1. The minimum absolute atomic E-state index is 0.0211. The fourth-order valence-electron chi connectivity index (χ4n) is 6.44. The van der Waals surface area contributed by atoms with Gasteiger partial charge in [0, 0.05) is 56.0 Å². The topological polar surface area (TPSA) is 116 Å². The molecule has 2 aliphatic heterocycles. The monoisotopic (exact) mass is 535 g/mol. The molecule has 1 aromatic carbocycles. The van der Waals surface area contributed by atoms with Crippen molar-refractivity contribution in [1.29, 1.82) is 0 Å². The van der Waals surface area contributed by atoms with E-state index in [9.17, 15) is 22.8 Å². The molecule has 36 heavy (non-hydrogen) atoms. The van der Waals surface area contributed by atoms with Gasteiger partial charge in [-0.25, -0.2) is 8.42 Å². The van der Waals surface area contributed by atoms with Crippen LogP contribution in [-0.2, 0) is 41.0 Å². The van der Waals surface area contributed by atoms with Gasteiger partial charge in [-0.1, -0.05) is 23.9 Å². The van der Waals surface area contributed by atoms with E-state index in [1.807, 2.05) is 12.1 Å². The van der Waals surface area contributed by atoms with E-state index in [1.165, 1.54) is 20.8 Å². The molecule has 1 fully saturated rings. The summed E-state index contributed by atoms with van der Waals surface area (Å²) >= 11 is 1.14. The maximum atomic E-state index is 13.4. The van der Waals surface area contributed by atoms with Gasteiger partial charge in [-0.2, -0.15) is 4.31 Å². The van der Waals surface area contributed by atoms with Gasteiger partial charge in [0.15, 0.2) is 22.7 Å². The summed E-state index contributed by atoms with van der Waals surface area (Å²) in [5.41, 5.74) is 1.28. The number of hydrogen-bond donors (Lipinski definition) is 0. The van der Waals surface area contributed by atoms with Crippen LogP contribution in [0.15, 0.2) is 24.3 Å². The number of hydrogen-bond acceptors (Lipinski definition) is 9. The van der Waals surface area contributed by atoms with Crippen LogP contribution in [0.3, 0.4) is 0 Å². The highest BCUT2D eigenvalue weighted by atomic mass is 32.2. The molecule has 1 saturated heterocycles. The summed E-state index contributed by atoms with van der Waals surface area (Å²) in [6, 6.07) is 3.25. The van der Waals surface area contributed by atoms with Gasteiger partial charge >= 0.3 is 11.9 Å². The standard InChI is InChI=1S/C25H29NO8S2/c1-14(27)32-20-7-5-17-13-19-18-6-8-21(33-15(2)28)24-25(18,22(17)23(20)34-24)9-10-26(19)36(30,31)12-4-11-35-16(3)29/h5-8,18-19,21,24H,4,9-13H2,1-3H3/t18?,19-,21+,24+,25+/m1/s1. The Morgan fingerprint density at radius 2 is 1.94 bits per heavy atom. The number of carbonyl (C=O) groups excluding carboxylic acids is 3. The van der Waals surface area contributed by atoms with Crippen molar-refractivity contribution in [2.75, 3.05) is 18.1 Å². The smallest absolute Gasteiger partial charge is 0.308 e. The molecule has 5 rings (SSSR count). The SMILES string of the molecule is CC(=O)Oc1ccc2c3c1O[C@H]1[C@@H](OC(C)=O)C=CC4[C@@H](C2)N(S(=O)(=O)CCCSC(C)=O)CC[C@@]341. The molecule has 9 nitrogen and oxygen atoms in total. The molecule has 1 unspecified atom stereocenters. The Hall–Kier alpha value is -2.37. The number of benzene rings is 1. The molecule has 0 aromatic heterocycles. The molecular weight excluding hydrogens is 506 g/mol. The Balaban J connectivity index is 1.54. The highest BCUT2D eigenvalue weighted by Gasteiger charge is 2.66. The molecule has 0 radical (unpaired) electrons. The lowest BCUT2D eigenvalue weighted by Crippen LogP contribution is -2.66. The first kappa shape index (κ1) is 25.3. The predicted octanol–water partition coefficient (Wildman–Crippen LogP) is 2.36. The second-order valence-electron chi connectivity index (χ2n) is 9.73. The Morgan fingerprint density at radius 1 is 1.17 bits per heavy atom.